The van der Waals surface area contributed by atoms with Crippen LogP contribution in [-0.4, -0.2) is 16.2 Å². The van der Waals surface area contributed by atoms with E-state index in [0.29, 0.717) is 0 Å². The number of benzene rings is 1. The van der Waals surface area contributed by atoms with Gasteiger partial charge in [0.15, 0.2) is 11.5 Å². The molecule has 0 aliphatic carbocycles. The normalized spacial score (nSPS) is 13.1. The van der Waals surface area contributed by atoms with Crippen LogP contribution in [0.2, 0.25) is 0 Å². The van der Waals surface area contributed by atoms with Crippen molar-refractivity contribution in [3.8, 4) is 22.9 Å². The van der Waals surface area contributed by atoms with Crippen molar-refractivity contribution in [1.29, 1.82) is 0 Å². The maximum absolute atomic E-state index is 5.84. The summed E-state index contributed by atoms with van der Waals surface area (Å²) in [4.78, 5) is 4.64. The Morgan fingerprint density at radius 2 is 2.00 bits per heavy atom. The molecule has 0 atom stereocenters. The fourth-order valence-electron chi connectivity index (χ4n) is 2.49. The van der Waals surface area contributed by atoms with Crippen molar-refractivity contribution in [2.24, 2.45) is 0 Å². The van der Waals surface area contributed by atoms with Crippen LogP contribution in [0.5, 0.6) is 11.5 Å². The number of imidazole rings is 1. The van der Waals surface area contributed by atoms with Crippen molar-refractivity contribution in [1.82, 2.24) is 9.38 Å². The zero-order valence-electron chi connectivity index (χ0n) is 11.0. The van der Waals surface area contributed by atoms with Crippen LogP contribution in [0.25, 0.3) is 16.9 Å². The third-order valence-corrected chi connectivity index (χ3v) is 3.48. The first-order valence-electron chi connectivity index (χ1n) is 6.36. The number of fused-ring (bicyclic) bond motifs is 2. The zero-order valence-corrected chi connectivity index (χ0v) is 11.0. The number of ether oxygens (including phenoxy) is 2. The number of nitrogens with zero attached hydrogens (tertiary/aromatic N) is 2. The summed E-state index contributed by atoms with van der Waals surface area (Å²) in [6, 6.07) is 9.64. The van der Waals surface area contributed by atoms with Gasteiger partial charge in [-0.2, -0.15) is 0 Å². The monoisotopic (exact) mass is 267 g/mol. The maximum atomic E-state index is 5.84. The fourth-order valence-corrected chi connectivity index (χ4v) is 2.49. The number of nitrogen functional groups attached to an aromatic ring is 1. The van der Waals surface area contributed by atoms with E-state index in [1.165, 1.54) is 0 Å². The first kappa shape index (κ1) is 11.2. The second-order valence-corrected chi connectivity index (χ2v) is 4.80. The molecule has 0 fully saturated rings. The van der Waals surface area contributed by atoms with Gasteiger partial charge in [0.2, 0.25) is 6.79 Å². The van der Waals surface area contributed by atoms with Crippen LogP contribution in [0.4, 0.5) is 5.69 Å². The Balaban J connectivity index is 1.94. The lowest BCUT2D eigenvalue weighted by Gasteiger charge is -2.03. The summed E-state index contributed by atoms with van der Waals surface area (Å²) in [5.74, 6) is 2.40. The number of nitrogens with two attached hydrogens (primary N) is 1. The molecule has 0 bridgehead atoms. The van der Waals surface area contributed by atoms with E-state index >= 15 is 0 Å². The van der Waals surface area contributed by atoms with Crippen molar-refractivity contribution in [3.05, 3.63) is 42.2 Å². The Morgan fingerprint density at radius 1 is 1.15 bits per heavy atom. The zero-order chi connectivity index (χ0) is 13.7. The molecule has 0 amide bonds. The molecule has 4 rings (SSSR count). The van der Waals surface area contributed by atoms with Crippen molar-refractivity contribution in [2.45, 2.75) is 6.92 Å². The summed E-state index contributed by atoms with van der Waals surface area (Å²) >= 11 is 0. The van der Waals surface area contributed by atoms with Gasteiger partial charge in [-0.25, -0.2) is 4.98 Å². The first-order valence-corrected chi connectivity index (χ1v) is 6.36. The molecule has 1 aliphatic rings. The molecule has 2 N–H and O–H groups in total. The number of anilines is 1. The van der Waals surface area contributed by atoms with Gasteiger partial charge >= 0.3 is 0 Å². The van der Waals surface area contributed by atoms with E-state index in [0.717, 1.165) is 39.8 Å². The van der Waals surface area contributed by atoms with Gasteiger partial charge in [-0.15, -0.1) is 0 Å². The standard InChI is InChI=1S/C15H13N3O2/c1-9-12-7-11(16)4-5-18(12)15(17-9)10-2-3-13-14(6-10)20-8-19-13/h2-7H,8,16H2,1H3. The molecule has 100 valence electrons. The number of aromatic nitrogens is 2. The second kappa shape index (κ2) is 3.90. The van der Waals surface area contributed by atoms with Crippen LogP contribution in [-0.2, 0) is 0 Å². The highest BCUT2D eigenvalue weighted by Gasteiger charge is 2.16. The number of rotatable bonds is 1. The number of hydrogen-bond donors (Lipinski definition) is 1. The lowest BCUT2D eigenvalue weighted by molar-refractivity contribution is 0.174. The lowest BCUT2D eigenvalue weighted by Crippen LogP contribution is -1.93. The van der Waals surface area contributed by atoms with E-state index in [1.54, 1.807) is 0 Å². The van der Waals surface area contributed by atoms with Gasteiger partial charge in [-0.3, -0.25) is 4.40 Å². The molecule has 1 aliphatic heterocycles. The lowest BCUT2D eigenvalue weighted by atomic mass is 10.2. The number of pyridine rings is 1. The van der Waals surface area contributed by atoms with Gasteiger partial charge in [0.25, 0.3) is 0 Å². The largest absolute Gasteiger partial charge is 0.454 e. The van der Waals surface area contributed by atoms with Crippen LogP contribution < -0.4 is 15.2 Å². The van der Waals surface area contributed by atoms with E-state index < -0.39 is 0 Å². The molecule has 0 spiro atoms. The molecule has 5 nitrogen and oxygen atoms in total. The van der Waals surface area contributed by atoms with Crippen molar-refractivity contribution >= 4 is 11.2 Å². The van der Waals surface area contributed by atoms with Crippen molar-refractivity contribution in [3.63, 3.8) is 0 Å². The molecule has 0 saturated heterocycles. The summed E-state index contributed by atoms with van der Waals surface area (Å²) < 4.78 is 12.8. The van der Waals surface area contributed by atoms with E-state index in [1.807, 2.05) is 47.9 Å². The molecule has 3 aromatic rings. The van der Waals surface area contributed by atoms with Crippen LogP contribution in [0.15, 0.2) is 36.5 Å². The van der Waals surface area contributed by atoms with Gasteiger partial charge in [0.05, 0.1) is 11.2 Å². The third kappa shape index (κ3) is 1.53. The Labute approximate surface area is 115 Å². The topological polar surface area (TPSA) is 61.8 Å². The summed E-state index contributed by atoms with van der Waals surface area (Å²) in [5.41, 5.74) is 9.52. The number of hydrogen-bond acceptors (Lipinski definition) is 4. The molecule has 20 heavy (non-hydrogen) atoms. The smallest absolute Gasteiger partial charge is 0.231 e. The average molecular weight is 267 g/mol. The van der Waals surface area contributed by atoms with Gasteiger partial charge in [0, 0.05) is 17.4 Å². The van der Waals surface area contributed by atoms with Gasteiger partial charge < -0.3 is 15.2 Å². The summed E-state index contributed by atoms with van der Waals surface area (Å²) in [6.07, 6.45) is 1.94. The minimum Gasteiger partial charge on any atom is -0.454 e. The highest BCUT2D eigenvalue weighted by Crippen LogP contribution is 2.36. The average Bonchev–Trinajstić information content (AvgIpc) is 3.03. The molecule has 1 aromatic carbocycles. The molecular formula is C15H13N3O2. The van der Waals surface area contributed by atoms with Crippen LogP contribution in [0.1, 0.15) is 5.69 Å². The van der Waals surface area contributed by atoms with E-state index in [-0.39, 0.29) is 6.79 Å². The Hall–Kier alpha value is -2.69. The summed E-state index contributed by atoms with van der Waals surface area (Å²) in [5, 5.41) is 0. The van der Waals surface area contributed by atoms with E-state index in [9.17, 15) is 0 Å². The fraction of sp³-hybridized carbons (Fsp3) is 0.133. The Kier molecular flexibility index (Phi) is 2.18. The van der Waals surface area contributed by atoms with E-state index in [4.69, 9.17) is 15.2 Å². The molecule has 2 aromatic heterocycles. The van der Waals surface area contributed by atoms with E-state index in [2.05, 4.69) is 4.98 Å². The molecule has 0 unspecified atom stereocenters. The molecule has 5 heteroatoms. The van der Waals surface area contributed by atoms with Gasteiger partial charge in [0.1, 0.15) is 5.82 Å². The van der Waals surface area contributed by atoms with Gasteiger partial charge in [-0.05, 0) is 37.3 Å². The Bertz CT molecular complexity index is 823. The van der Waals surface area contributed by atoms with Crippen LogP contribution >= 0.6 is 0 Å². The van der Waals surface area contributed by atoms with Crippen LogP contribution in [0.3, 0.4) is 0 Å². The molecule has 3 heterocycles. The van der Waals surface area contributed by atoms with Crippen LogP contribution in [0, 0.1) is 6.92 Å². The Morgan fingerprint density at radius 3 is 2.90 bits per heavy atom. The van der Waals surface area contributed by atoms with Crippen molar-refractivity contribution in [2.75, 3.05) is 12.5 Å². The molecule has 0 saturated carbocycles. The summed E-state index contributed by atoms with van der Waals surface area (Å²) in [7, 11) is 0. The summed E-state index contributed by atoms with van der Waals surface area (Å²) in [6.45, 7) is 2.25. The quantitative estimate of drug-likeness (QED) is 0.736. The SMILES string of the molecule is Cc1nc(-c2ccc3c(c2)OCO3)n2ccc(N)cc12. The minimum absolute atomic E-state index is 0.274. The molecular weight excluding hydrogens is 254 g/mol. The minimum atomic E-state index is 0.274. The predicted octanol–water partition coefficient (Wildman–Crippen LogP) is 2.62. The predicted molar refractivity (Wildman–Crippen MR) is 75.9 cm³/mol. The highest BCUT2D eigenvalue weighted by molar-refractivity contribution is 5.70. The third-order valence-electron chi connectivity index (χ3n) is 3.48. The molecule has 0 radical (unpaired) electrons. The van der Waals surface area contributed by atoms with Gasteiger partial charge in [-0.1, -0.05) is 0 Å². The maximum Gasteiger partial charge on any atom is 0.231 e. The second-order valence-electron chi connectivity index (χ2n) is 4.80. The highest BCUT2D eigenvalue weighted by atomic mass is 16.7. The first-order chi connectivity index (χ1) is 9.72. The van der Waals surface area contributed by atoms with Crippen molar-refractivity contribution < 1.29 is 9.47 Å². The number of aryl methyl sites for hydroxylation is 1.